The van der Waals surface area contributed by atoms with Crippen LogP contribution in [-0.4, -0.2) is 53.5 Å². The van der Waals surface area contributed by atoms with E-state index in [0.29, 0.717) is 31.7 Å². The maximum Gasteiger partial charge on any atom is 0.308 e. The molecular weight excluding hydrogens is 458 g/mol. The van der Waals surface area contributed by atoms with Gasteiger partial charge in [-0.05, 0) is 50.9 Å². The molecule has 1 amide bonds. The van der Waals surface area contributed by atoms with E-state index in [1.807, 2.05) is 13.8 Å². The predicted octanol–water partition coefficient (Wildman–Crippen LogP) is 3.28. The highest BCUT2D eigenvalue weighted by Crippen LogP contribution is 2.60. The van der Waals surface area contributed by atoms with Crippen molar-refractivity contribution in [1.29, 1.82) is 0 Å². The molecule has 4 saturated heterocycles. The molecule has 5 aliphatic rings. The first-order valence-corrected chi connectivity index (χ1v) is 13.0. The number of unbranched alkanes of at least 4 members (excludes halogenated alkanes) is 2. The number of rotatable bonds is 10. The van der Waals surface area contributed by atoms with Crippen LogP contribution in [0.2, 0.25) is 0 Å². The average molecular weight is 498 g/mol. The van der Waals surface area contributed by atoms with Gasteiger partial charge in [-0.25, -0.2) is 9.78 Å². The Labute approximate surface area is 206 Å². The van der Waals surface area contributed by atoms with Gasteiger partial charge in [-0.15, -0.1) is 0 Å². The zero-order valence-corrected chi connectivity index (χ0v) is 21.0. The first kappa shape index (κ1) is 26.3. The standard InChI is InChI=1S/C25H39NO9/c1-15-8-9-18-16(2)22(32-23-25(18)17(15)12-13-24(3,33-23)34-35-25)31-21(30)11-10-19(27)26-14-6-4-5-7-20(28)29/h15-18,22-23H,4-14H2,1-3H3,(H,26,27)(H,28,29)/t15?,16?,17?,18?,22-,23-,24-,25-/m1/s1. The highest BCUT2D eigenvalue weighted by Gasteiger charge is 2.69. The fourth-order valence-corrected chi connectivity index (χ4v) is 6.30. The molecule has 1 spiro atoms. The summed E-state index contributed by atoms with van der Waals surface area (Å²) in [5, 5.41) is 11.4. The summed E-state index contributed by atoms with van der Waals surface area (Å²) in [6.07, 6.45) is 4.28. The maximum atomic E-state index is 12.6. The summed E-state index contributed by atoms with van der Waals surface area (Å²) >= 11 is 0. The number of fused-ring (bicyclic) bond motifs is 2. The van der Waals surface area contributed by atoms with E-state index in [4.69, 9.17) is 29.1 Å². The molecule has 198 valence electrons. The second kappa shape index (κ2) is 10.7. The lowest BCUT2D eigenvalue weighted by molar-refractivity contribution is -0.576. The molecular formula is C25H39NO9. The monoisotopic (exact) mass is 497 g/mol. The molecule has 2 bridgehead atoms. The summed E-state index contributed by atoms with van der Waals surface area (Å²) in [5.41, 5.74) is -0.708. The van der Waals surface area contributed by atoms with Crippen LogP contribution < -0.4 is 5.32 Å². The molecule has 2 N–H and O–H groups in total. The molecule has 10 nitrogen and oxygen atoms in total. The third-order valence-electron chi connectivity index (χ3n) is 8.29. The number of amides is 1. The van der Waals surface area contributed by atoms with Crippen molar-refractivity contribution in [1.82, 2.24) is 5.32 Å². The third-order valence-corrected chi connectivity index (χ3v) is 8.29. The molecule has 1 aliphatic carbocycles. The molecule has 0 aromatic rings. The SMILES string of the molecule is CC1CCC2C(C)[C@H](OC(=O)CCC(=O)NCCCCCC(=O)O)O[C@@H]3O[C@@]4(C)CCC1[C@@]23OO4. The fourth-order valence-electron chi connectivity index (χ4n) is 6.30. The smallest absolute Gasteiger partial charge is 0.308 e. The number of aliphatic carboxylic acids is 1. The second-order valence-corrected chi connectivity index (χ2v) is 10.8. The van der Waals surface area contributed by atoms with Gasteiger partial charge in [0.25, 0.3) is 0 Å². The Bertz CT molecular complexity index is 806. The first-order valence-electron chi connectivity index (χ1n) is 13.0. The van der Waals surface area contributed by atoms with E-state index in [-0.39, 0.29) is 42.9 Å². The van der Waals surface area contributed by atoms with Crippen molar-refractivity contribution >= 4 is 17.8 Å². The summed E-state index contributed by atoms with van der Waals surface area (Å²) in [7, 11) is 0. The van der Waals surface area contributed by atoms with Gasteiger partial charge in [0.2, 0.25) is 18.0 Å². The zero-order valence-electron chi connectivity index (χ0n) is 21.0. The van der Waals surface area contributed by atoms with Gasteiger partial charge < -0.3 is 24.6 Å². The van der Waals surface area contributed by atoms with Gasteiger partial charge >= 0.3 is 11.9 Å². The largest absolute Gasteiger partial charge is 0.481 e. The molecule has 1 saturated carbocycles. The van der Waals surface area contributed by atoms with Crippen molar-refractivity contribution in [3.05, 3.63) is 0 Å². The van der Waals surface area contributed by atoms with Crippen molar-refractivity contribution in [3.8, 4) is 0 Å². The van der Waals surface area contributed by atoms with Crippen LogP contribution in [0.4, 0.5) is 0 Å². The van der Waals surface area contributed by atoms with Gasteiger partial charge in [0.1, 0.15) is 0 Å². The molecule has 35 heavy (non-hydrogen) atoms. The van der Waals surface area contributed by atoms with E-state index in [1.165, 1.54) is 0 Å². The van der Waals surface area contributed by atoms with Crippen molar-refractivity contribution in [3.63, 3.8) is 0 Å². The minimum atomic E-state index is -0.890. The van der Waals surface area contributed by atoms with Gasteiger partial charge in [-0.3, -0.25) is 14.4 Å². The van der Waals surface area contributed by atoms with E-state index < -0.39 is 35.9 Å². The van der Waals surface area contributed by atoms with E-state index in [2.05, 4.69) is 12.2 Å². The fraction of sp³-hybridized carbons (Fsp3) is 0.880. The van der Waals surface area contributed by atoms with Crippen LogP contribution in [0.5, 0.6) is 0 Å². The van der Waals surface area contributed by atoms with Crippen LogP contribution in [0.3, 0.4) is 0 Å². The number of carboxylic acids is 1. The molecule has 8 atom stereocenters. The lowest BCUT2D eigenvalue weighted by Gasteiger charge is -2.59. The van der Waals surface area contributed by atoms with Crippen LogP contribution in [0, 0.1) is 23.7 Å². The highest BCUT2D eigenvalue weighted by atomic mass is 17.3. The summed E-state index contributed by atoms with van der Waals surface area (Å²) in [6.45, 7) is 6.57. The summed E-state index contributed by atoms with van der Waals surface area (Å²) in [6, 6.07) is 0. The summed E-state index contributed by atoms with van der Waals surface area (Å²) in [4.78, 5) is 47.0. The minimum absolute atomic E-state index is 0.0248. The van der Waals surface area contributed by atoms with Crippen LogP contribution in [0.25, 0.3) is 0 Å². The van der Waals surface area contributed by atoms with Crippen LogP contribution in [-0.2, 0) is 38.4 Å². The van der Waals surface area contributed by atoms with Crippen molar-refractivity contribution in [2.75, 3.05) is 6.54 Å². The van der Waals surface area contributed by atoms with E-state index in [0.717, 1.165) is 25.7 Å². The van der Waals surface area contributed by atoms with Crippen LogP contribution in [0.15, 0.2) is 0 Å². The molecule has 5 fully saturated rings. The maximum absolute atomic E-state index is 12.6. The number of esters is 1. The number of carbonyl (C=O) groups excluding carboxylic acids is 2. The molecule has 4 aliphatic heterocycles. The lowest BCUT2D eigenvalue weighted by Crippen LogP contribution is -2.70. The van der Waals surface area contributed by atoms with Gasteiger partial charge in [0, 0.05) is 37.6 Å². The van der Waals surface area contributed by atoms with Gasteiger partial charge in [0.15, 0.2) is 11.9 Å². The number of hydrogen-bond donors (Lipinski definition) is 2. The zero-order chi connectivity index (χ0) is 25.2. The quantitative estimate of drug-likeness (QED) is 0.265. The molecule has 4 heterocycles. The predicted molar refractivity (Wildman–Crippen MR) is 121 cm³/mol. The number of carboxylic acid groups (broad SMARTS) is 1. The van der Waals surface area contributed by atoms with Crippen molar-refractivity contribution in [2.45, 2.75) is 109 Å². The van der Waals surface area contributed by atoms with E-state index in [9.17, 15) is 14.4 Å². The third kappa shape index (κ3) is 5.50. The van der Waals surface area contributed by atoms with Crippen molar-refractivity contribution < 1.29 is 43.5 Å². The first-order chi connectivity index (χ1) is 16.6. The Morgan fingerprint density at radius 1 is 1.00 bits per heavy atom. The molecule has 0 radical (unpaired) electrons. The van der Waals surface area contributed by atoms with Crippen LogP contribution in [0.1, 0.15) is 85.0 Å². The number of nitrogens with one attached hydrogen (secondary N) is 1. The average Bonchev–Trinajstić information content (AvgIpc) is 3.04. The Balaban J connectivity index is 1.28. The van der Waals surface area contributed by atoms with Gasteiger partial charge in [-0.1, -0.05) is 20.3 Å². The van der Waals surface area contributed by atoms with Gasteiger partial charge in [-0.2, -0.15) is 0 Å². The highest BCUT2D eigenvalue weighted by molar-refractivity contribution is 5.81. The number of carbonyl (C=O) groups is 3. The van der Waals surface area contributed by atoms with Crippen LogP contribution >= 0.6 is 0 Å². The Morgan fingerprint density at radius 2 is 1.80 bits per heavy atom. The normalized spacial score (nSPS) is 39.9. The molecule has 4 unspecified atom stereocenters. The molecule has 0 aromatic heterocycles. The Morgan fingerprint density at radius 3 is 2.57 bits per heavy atom. The van der Waals surface area contributed by atoms with Gasteiger partial charge in [0.05, 0.1) is 6.42 Å². The second-order valence-electron chi connectivity index (χ2n) is 10.8. The Kier molecular flexibility index (Phi) is 8.05. The van der Waals surface area contributed by atoms with E-state index in [1.54, 1.807) is 0 Å². The topological polar surface area (TPSA) is 130 Å². The summed E-state index contributed by atoms with van der Waals surface area (Å²) in [5.74, 6) is -1.79. The minimum Gasteiger partial charge on any atom is -0.481 e. The number of hydrogen-bond acceptors (Lipinski definition) is 8. The summed E-state index contributed by atoms with van der Waals surface area (Å²) < 4.78 is 18.2. The van der Waals surface area contributed by atoms with Crippen molar-refractivity contribution in [2.24, 2.45) is 23.7 Å². The number of ether oxygens (including phenoxy) is 3. The molecule has 10 heteroatoms. The molecule has 5 rings (SSSR count). The molecule has 0 aromatic carbocycles. The lowest BCUT2D eigenvalue weighted by atomic mass is 9.58. The Hall–Kier alpha value is -1.75. The van der Waals surface area contributed by atoms with E-state index >= 15 is 0 Å².